The molecule has 0 aliphatic heterocycles. The lowest BCUT2D eigenvalue weighted by atomic mass is 10.3. The van der Waals surface area contributed by atoms with Crippen molar-refractivity contribution in [1.82, 2.24) is 4.98 Å². The van der Waals surface area contributed by atoms with E-state index >= 15 is 0 Å². The molecule has 0 unspecified atom stereocenters. The number of aryl methyl sites for hydroxylation is 1. The summed E-state index contributed by atoms with van der Waals surface area (Å²) in [7, 11) is 0. The van der Waals surface area contributed by atoms with Gasteiger partial charge in [0.25, 0.3) is 5.22 Å². The van der Waals surface area contributed by atoms with Crippen molar-refractivity contribution in [3.63, 3.8) is 0 Å². The standard InChI is InChI=1S/C10H11N3OS/c1-6-5-14-10(13-6)15-7-2-3-8(11)9(12)4-7/h2-5H,11-12H2,1H3. The summed E-state index contributed by atoms with van der Waals surface area (Å²) in [6.45, 7) is 1.88. The highest BCUT2D eigenvalue weighted by molar-refractivity contribution is 7.99. The van der Waals surface area contributed by atoms with Gasteiger partial charge in [0.1, 0.15) is 6.26 Å². The topological polar surface area (TPSA) is 78.1 Å². The van der Waals surface area contributed by atoms with Gasteiger partial charge in [-0.05, 0) is 36.9 Å². The number of benzene rings is 1. The van der Waals surface area contributed by atoms with E-state index in [0.29, 0.717) is 16.6 Å². The van der Waals surface area contributed by atoms with E-state index in [9.17, 15) is 0 Å². The van der Waals surface area contributed by atoms with Crippen molar-refractivity contribution in [1.29, 1.82) is 0 Å². The molecule has 0 saturated carbocycles. The number of nitrogens with zero attached hydrogens (tertiary/aromatic N) is 1. The summed E-state index contributed by atoms with van der Waals surface area (Å²) in [5.41, 5.74) is 13.3. The first-order valence-electron chi connectivity index (χ1n) is 4.40. The lowest BCUT2D eigenvalue weighted by Crippen LogP contribution is -1.93. The van der Waals surface area contributed by atoms with Crippen LogP contribution in [0.2, 0.25) is 0 Å². The Morgan fingerprint density at radius 2 is 2.07 bits per heavy atom. The molecular weight excluding hydrogens is 210 g/mol. The lowest BCUT2D eigenvalue weighted by molar-refractivity contribution is 0.454. The number of hydrogen-bond acceptors (Lipinski definition) is 5. The van der Waals surface area contributed by atoms with Crippen molar-refractivity contribution in [3.05, 3.63) is 30.2 Å². The van der Waals surface area contributed by atoms with Crippen LogP contribution in [-0.4, -0.2) is 4.98 Å². The molecule has 0 fully saturated rings. The van der Waals surface area contributed by atoms with Crippen molar-refractivity contribution in [2.45, 2.75) is 17.0 Å². The van der Waals surface area contributed by atoms with Gasteiger partial charge >= 0.3 is 0 Å². The largest absolute Gasteiger partial charge is 0.439 e. The summed E-state index contributed by atoms with van der Waals surface area (Å²) < 4.78 is 5.22. The van der Waals surface area contributed by atoms with Gasteiger partial charge in [-0.3, -0.25) is 0 Å². The molecule has 78 valence electrons. The molecule has 2 rings (SSSR count). The highest BCUT2D eigenvalue weighted by Gasteiger charge is 2.04. The zero-order chi connectivity index (χ0) is 10.8. The third-order valence-electron chi connectivity index (χ3n) is 1.86. The Labute approximate surface area is 91.7 Å². The maximum Gasteiger partial charge on any atom is 0.260 e. The molecule has 1 aromatic heterocycles. The molecule has 0 radical (unpaired) electrons. The van der Waals surface area contributed by atoms with Crippen LogP contribution >= 0.6 is 11.8 Å². The smallest absolute Gasteiger partial charge is 0.260 e. The molecule has 1 aromatic carbocycles. The second kappa shape index (κ2) is 3.86. The first-order chi connectivity index (χ1) is 7.15. The van der Waals surface area contributed by atoms with Crippen molar-refractivity contribution in [2.24, 2.45) is 0 Å². The van der Waals surface area contributed by atoms with E-state index in [2.05, 4.69) is 4.98 Å². The van der Waals surface area contributed by atoms with Gasteiger partial charge in [0.05, 0.1) is 17.1 Å². The Morgan fingerprint density at radius 1 is 1.27 bits per heavy atom. The maximum absolute atomic E-state index is 5.69. The number of hydrogen-bond donors (Lipinski definition) is 2. The van der Waals surface area contributed by atoms with E-state index in [1.54, 1.807) is 18.4 Å². The summed E-state index contributed by atoms with van der Waals surface area (Å²) in [5.74, 6) is 0. The summed E-state index contributed by atoms with van der Waals surface area (Å²) in [6.07, 6.45) is 1.61. The zero-order valence-electron chi connectivity index (χ0n) is 8.23. The number of nitrogen functional groups attached to an aromatic ring is 2. The van der Waals surface area contributed by atoms with E-state index in [0.717, 1.165) is 10.6 Å². The van der Waals surface area contributed by atoms with Crippen LogP contribution in [0.15, 0.2) is 39.0 Å². The number of nitrogens with two attached hydrogens (primary N) is 2. The molecule has 0 bridgehead atoms. The minimum atomic E-state index is 0.572. The predicted octanol–water partition coefficient (Wildman–Crippen LogP) is 2.30. The predicted molar refractivity (Wildman–Crippen MR) is 60.6 cm³/mol. The summed E-state index contributed by atoms with van der Waals surface area (Å²) in [5, 5.41) is 0.608. The Morgan fingerprint density at radius 3 is 2.67 bits per heavy atom. The summed E-state index contributed by atoms with van der Waals surface area (Å²) in [4.78, 5) is 5.14. The number of rotatable bonds is 2. The molecule has 15 heavy (non-hydrogen) atoms. The van der Waals surface area contributed by atoms with Crippen LogP contribution in [0.3, 0.4) is 0 Å². The van der Waals surface area contributed by atoms with Gasteiger partial charge in [-0.25, -0.2) is 4.98 Å². The fourth-order valence-corrected chi connectivity index (χ4v) is 1.91. The van der Waals surface area contributed by atoms with Crippen molar-refractivity contribution in [3.8, 4) is 0 Å². The monoisotopic (exact) mass is 221 g/mol. The van der Waals surface area contributed by atoms with Gasteiger partial charge in [0.15, 0.2) is 0 Å². The molecule has 0 amide bonds. The van der Waals surface area contributed by atoms with Crippen molar-refractivity contribution >= 4 is 23.1 Å². The molecular formula is C10H11N3OS. The summed E-state index contributed by atoms with van der Waals surface area (Å²) in [6, 6.07) is 5.46. The van der Waals surface area contributed by atoms with Crippen molar-refractivity contribution < 1.29 is 4.42 Å². The van der Waals surface area contributed by atoms with Crippen LogP contribution in [0.5, 0.6) is 0 Å². The lowest BCUT2D eigenvalue weighted by Gasteiger charge is -2.01. The fourth-order valence-electron chi connectivity index (χ4n) is 1.10. The van der Waals surface area contributed by atoms with E-state index in [-0.39, 0.29) is 0 Å². The van der Waals surface area contributed by atoms with Crippen LogP contribution in [0, 0.1) is 6.92 Å². The van der Waals surface area contributed by atoms with E-state index in [1.165, 1.54) is 11.8 Å². The van der Waals surface area contributed by atoms with Crippen LogP contribution < -0.4 is 11.5 Å². The minimum Gasteiger partial charge on any atom is -0.439 e. The molecule has 0 atom stereocenters. The second-order valence-corrected chi connectivity index (χ2v) is 4.17. The summed E-state index contributed by atoms with van der Waals surface area (Å²) >= 11 is 1.42. The average molecular weight is 221 g/mol. The van der Waals surface area contributed by atoms with Gasteiger partial charge < -0.3 is 15.9 Å². The Hall–Kier alpha value is -1.62. The number of oxazole rings is 1. The van der Waals surface area contributed by atoms with Gasteiger partial charge in [-0.1, -0.05) is 0 Å². The van der Waals surface area contributed by atoms with Crippen LogP contribution in [0.4, 0.5) is 11.4 Å². The molecule has 4 N–H and O–H groups in total. The van der Waals surface area contributed by atoms with Crippen molar-refractivity contribution in [2.75, 3.05) is 11.5 Å². The zero-order valence-corrected chi connectivity index (χ0v) is 9.04. The quantitative estimate of drug-likeness (QED) is 0.761. The molecule has 4 nitrogen and oxygen atoms in total. The van der Waals surface area contributed by atoms with Crippen LogP contribution in [0.1, 0.15) is 5.69 Å². The fraction of sp³-hybridized carbons (Fsp3) is 0.100. The highest BCUT2D eigenvalue weighted by Crippen LogP contribution is 2.29. The van der Waals surface area contributed by atoms with Crippen LogP contribution in [-0.2, 0) is 0 Å². The third kappa shape index (κ3) is 2.24. The number of anilines is 2. The maximum atomic E-state index is 5.69. The Kier molecular flexibility index (Phi) is 2.55. The van der Waals surface area contributed by atoms with Gasteiger partial charge in [0.2, 0.25) is 0 Å². The molecule has 0 aliphatic carbocycles. The van der Waals surface area contributed by atoms with E-state index in [4.69, 9.17) is 15.9 Å². The molecule has 0 spiro atoms. The van der Waals surface area contributed by atoms with Gasteiger partial charge in [0, 0.05) is 4.90 Å². The Balaban J connectivity index is 2.21. The van der Waals surface area contributed by atoms with E-state index < -0.39 is 0 Å². The van der Waals surface area contributed by atoms with Crippen LogP contribution in [0.25, 0.3) is 0 Å². The second-order valence-electron chi connectivity index (χ2n) is 3.15. The molecule has 2 aromatic rings. The van der Waals surface area contributed by atoms with Gasteiger partial charge in [-0.2, -0.15) is 0 Å². The molecule has 1 heterocycles. The molecule has 0 aliphatic rings. The normalized spacial score (nSPS) is 10.5. The first-order valence-corrected chi connectivity index (χ1v) is 5.22. The first kappa shape index (κ1) is 9.92. The Bertz CT molecular complexity index is 481. The highest BCUT2D eigenvalue weighted by atomic mass is 32.2. The van der Waals surface area contributed by atoms with E-state index in [1.807, 2.05) is 13.0 Å². The number of aromatic nitrogens is 1. The SMILES string of the molecule is Cc1coc(Sc2ccc(N)c(N)c2)n1. The average Bonchev–Trinajstić information content (AvgIpc) is 2.58. The molecule has 5 heteroatoms. The minimum absolute atomic E-state index is 0.572. The molecule has 0 saturated heterocycles. The third-order valence-corrected chi connectivity index (χ3v) is 2.71. The van der Waals surface area contributed by atoms with Gasteiger partial charge in [-0.15, -0.1) is 0 Å².